The molecule has 4 rings (SSSR count). The Bertz CT molecular complexity index is 1520. The molecule has 2 aromatic heterocycles. The molecule has 0 aliphatic heterocycles. The van der Waals surface area contributed by atoms with Gasteiger partial charge >= 0.3 is 10.1 Å². The van der Waals surface area contributed by atoms with E-state index in [1.807, 2.05) is 33.8 Å². The average molecular weight is 464 g/mol. The van der Waals surface area contributed by atoms with Gasteiger partial charge in [-0.2, -0.15) is 13.5 Å². The van der Waals surface area contributed by atoms with Crippen LogP contribution in [-0.2, 0) is 17.2 Å². The summed E-state index contributed by atoms with van der Waals surface area (Å²) in [7, 11) is -2.60. The number of ketones is 1. The quantitative estimate of drug-likeness (QED) is 0.319. The molecule has 0 saturated carbocycles. The number of nitrogens with zero attached hydrogens (tertiary/aromatic N) is 3. The standard InChI is InChI=1S/C25H25N3O4S/c1-14-12-13-20(22-15(2)16(3)26-17(4)21(14)22)24(29)23-18(5)27-28(6)25(23)32-33(30,31)19-10-8-7-9-11-19/h7-13H,1-6H3. The first-order valence-corrected chi connectivity index (χ1v) is 11.9. The van der Waals surface area contributed by atoms with Gasteiger partial charge in [-0.25, -0.2) is 4.68 Å². The molecular weight excluding hydrogens is 438 g/mol. The fourth-order valence-electron chi connectivity index (χ4n) is 4.19. The molecule has 0 spiro atoms. The lowest BCUT2D eigenvalue weighted by Crippen LogP contribution is -2.15. The molecule has 4 aromatic rings. The number of aryl methyl sites for hydroxylation is 6. The Morgan fingerprint density at radius 1 is 0.879 bits per heavy atom. The monoisotopic (exact) mass is 463 g/mol. The van der Waals surface area contributed by atoms with Crippen molar-refractivity contribution in [2.75, 3.05) is 0 Å². The lowest BCUT2D eigenvalue weighted by atomic mass is 9.91. The van der Waals surface area contributed by atoms with E-state index in [4.69, 9.17) is 4.18 Å². The van der Waals surface area contributed by atoms with E-state index in [-0.39, 0.29) is 22.1 Å². The summed E-state index contributed by atoms with van der Waals surface area (Å²) in [5, 5.41) is 6.02. The van der Waals surface area contributed by atoms with Gasteiger partial charge in [0.1, 0.15) is 10.5 Å². The first kappa shape index (κ1) is 22.7. The Labute approximate surface area is 193 Å². The number of benzene rings is 2. The third-order valence-electron chi connectivity index (χ3n) is 5.89. The molecule has 0 atom stereocenters. The molecule has 7 nitrogen and oxygen atoms in total. The fourth-order valence-corrected chi connectivity index (χ4v) is 5.18. The van der Waals surface area contributed by atoms with Gasteiger partial charge in [0, 0.05) is 29.4 Å². The third-order valence-corrected chi connectivity index (χ3v) is 7.12. The maximum Gasteiger partial charge on any atom is 0.340 e. The molecule has 0 saturated heterocycles. The van der Waals surface area contributed by atoms with E-state index >= 15 is 0 Å². The molecule has 33 heavy (non-hydrogen) atoms. The van der Waals surface area contributed by atoms with E-state index in [2.05, 4.69) is 10.1 Å². The summed E-state index contributed by atoms with van der Waals surface area (Å²) in [6.07, 6.45) is 0. The Morgan fingerprint density at radius 3 is 2.21 bits per heavy atom. The number of hydrogen-bond acceptors (Lipinski definition) is 6. The first-order valence-electron chi connectivity index (χ1n) is 10.5. The van der Waals surface area contributed by atoms with Gasteiger partial charge in [0.05, 0.1) is 5.69 Å². The summed E-state index contributed by atoms with van der Waals surface area (Å²) in [5.74, 6) is -0.466. The largest absolute Gasteiger partial charge is 0.358 e. The van der Waals surface area contributed by atoms with E-state index in [0.717, 1.165) is 33.3 Å². The number of fused-ring (bicyclic) bond motifs is 1. The third kappa shape index (κ3) is 3.80. The molecule has 0 N–H and O–H groups in total. The average Bonchev–Trinajstić information content (AvgIpc) is 3.04. The maximum absolute atomic E-state index is 13.9. The van der Waals surface area contributed by atoms with Crippen LogP contribution in [0.5, 0.6) is 5.88 Å². The summed E-state index contributed by atoms with van der Waals surface area (Å²) < 4.78 is 32.5. The van der Waals surface area contributed by atoms with Crippen LogP contribution in [0.25, 0.3) is 10.8 Å². The second kappa shape index (κ2) is 8.12. The predicted octanol–water partition coefficient (Wildman–Crippen LogP) is 4.51. The molecule has 2 aromatic carbocycles. The number of rotatable bonds is 5. The van der Waals surface area contributed by atoms with Crippen LogP contribution in [0.1, 0.15) is 44.1 Å². The maximum atomic E-state index is 13.9. The van der Waals surface area contributed by atoms with Crippen LogP contribution in [-0.4, -0.2) is 29.0 Å². The van der Waals surface area contributed by atoms with E-state index in [9.17, 15) is 13.2 Å². The SMILES string of the molecule is Cc1nn(C)c(OS(=O)(=O)c2ccccc2)c1C(=O)c1ccc(C)c2c(C)nc(C)c(C)c12. The molecule has 0 radical (unpaired) electrons. The highest BCUT2D eigenvalue weighted by Gasteiger charge is 2.29. The van der Waals surface area contributed by atoms with Crippen molar-refractivity contribution in [1.29, 1.82) is 0 Å². The van der Waals surface area contributed by atoms with Crippen molar-refractivity contribution in [3.05, 3.63) is 81.8 Å². The fraction of sp³-hybridized carbons (Fsp3) is 0.240. The molecule has 0 aliphatic rings. The van der Waals surface area contributed by atoms with E-state index < -0.39 is 10.1 Å². The Balaban J connectivity index is 1.92. The van der Waals surface area contributed by atoms with E-state index in [1.54, 1.807) is 38.2 Å². The van der Waals surface area contributed by atoms with Crippen LogP contribution < -0.4 is 4.18 Å². The van der Waals surface area contributed by atoms with Gasteiger partial charge in [0.25, 0.3) is 0 Å². The minimum Gasteiger partial charge on any atom is -0.358 e. The minimum atomic E-state index is -4.15. The van der Waals surface area contributed by atoms with Crippen molar-refractivity contribution in [3.63, 3.8) is 0 Å². The first-order chi connectivity index (χ1) is 15.5. The van der Waals surface area contributed by atoms with Crippen LogP contribution in [0.2, 0.25) is 0 Å². The predicted molar refractivity (Wildman–Crippen MR) is 126 cm³/mol. The topological polar surface area (TPSA) is 91.2 Å². The van der Waals surface area contributed by atoms with Crippen molar-refractivity contribution in [1.82, 2.24) is 14.8 Å². The zero-order chi connectivity index (χ0) is 24.1. The second-order valence-corrected chi connectivity index (χ2v) is 9.70. The van der Waals surface area contributed by atoms with E-state index in [1.165, 1.54) is 16.8 Å². The molecule has 0 bridgehead atoms. The van der Waals surface area contributed by atoms with Crippen molar-refractivity contribution in [2.45, 2.75) is 39.5 Å². The van der Waals surface area contributed by atoms with Crippen LogP contribution in [0.15, 0.2) is 47.4 Å². The summed E-state index contributed by atoms with van der Waals surface area (Å²) in [6, 6.07) is 11.5. The Morgan fingerprint density at radius 2 is 1.55 bits per heavy atom. The lowest BCUT2D eigenvalue weighted by molar-refractivity contribution is 0.103. The summed E-state index contributed by atoms with van der Waals surface area (Å²) in [6.45, 7) is 9.42. The minimum absolute atomic E-state index is 0.00351. The summed E-state index contributed by atoms with van der Waals surface area (Å²) in [4.78, 5) is 18.5. The molecule has 0 amide bonds. The van der Waals surface area contributed by atoms with Crippen molar-refractivity contribution in [3.8, 4) is 5.88 Å². The molecular formula is C25H25N3O4S. The van der Waals surface area contributed by atoms with Crippen LogP contribution in [0, 0.1) is 34.6 Å². The normalized spacial score (nSPS) is 11.7. The number of pyridine rings is 1. The molecule has 0 unspecified atom stereocenters. The van der Waals surface area contributed by atoms with Gasteiger partial charge in [-0.3, -0.25) is 9.78 Å². The molecule has 2 heterocycles. The van der Waals surface area contributed by atoms with Gasteiger partial charge in [-0.05, 0) is 63.3 Å². The van der Waals surface area contributed by atoms with Crippen LogP contribution in [0.4, 0.5) is 0 Å². The summed E-state index contributed by atoms with van der Waals surface area (Å²) in [5.41, 5.74) is 4.56. The summed E-state index contributed by atoms with van der Waals surface area (Å²) >= 11 is 0. The van der Waals surface area contributed by atoms with Gasteiger partial charge in [0.2, 0.25) is 11.7 Å². The van der Waals surface area contributed by atoms with Crippen LogP contribution in [0.3, 0.4) is 0 Å². The van der Waals surface area contributed by atoms with Crippen molar-refractivity contribution < 1.29 is 17.4 Å². The highest BCUT2D eigenvalue weighted by atomic mass is 32.2. The number of carbonyl (C=O) groups excluding carboxylic acids is 1. The molecule has 170 valence electrons. The van der Waals surface area contributed by atoms with Gasteiger partial charge < -0.3 is 4.18 Å². The van der Waals surface area contributed by atoms with Gasteiger partial charge in [-0.15, -0.1) is 0 Å². The number of hydrogen-bond donors (Lipinski definition) is 0. The highest BCUT2D eigenvalue weighted by Crippen LogP contribution is 2.34. The Hall–Kier alpha value is -3.52. The number of aromatic nitrogens is 3. The van der Waals surface area contributed by atoms with Crippen molar-refractivity contribution in [2.24, 2.45) is 7.05 Å². The van der Waals surface area contributed by atoms with E-state index in [0.29, 0.717) is 11.3 Å². The lowest BCUT2D eigenvalue weighted by Gasteiger charge is -2.15. The second-order valence-electron chi connectivity index (χ2n) is 8.16. The van der Waals surface area contributed by atoms with Crippen molar-refractivity contribution >= 4 is 26.7 Å². The van der Waals surface area contributed by atoms with Crippen LogP contribution >= 0.6 is 0 Å². The highest BCUT2D eigenvalue weighted by molar-refractivity contribution is 7.87. The number of carbonyl (C=O) groups is 1. The smallest absolute Gasteiger partial charge is 0.340 e. The molecule has 0 aliphatic carbocycles. The van der Waals surface area contributed by atoms with Gasteiger partial charge in [0.15, 0.2) is 0 Å². The Kier molecular flexibility index (Phi) is 5.57. The molecule has 8 heteroatoms. The molecule has 0 fully saturated rings. The zero-order valence-corrected chi connectivity index (χ0v) is 20.2. The van der Waals surface area contributed by atoms with Gasteiger partial charge in [-0.1, -0.05) is 30.3 Å². The zero-order valence-electron chi connectivity index (χ0n) is 19.4.